The zero-order valence-electron chi connectivity index (χ0n) is 13.7. The van der Waals surface area contributed by atoms with E-state index in [2.05, 4.69) is 25.5 Å². The Kier molecular flexibility index (Phi) is 3.57. The van der Waals surface area contributed by atoms with E-state index >= 15 is 0 Å². The average molecular weight is 323 g/mol. The van der Waals surface area contributed by atoms with Crippen LogP contribution in [0.4, 0.5) is 0 Å². The third-order valence-electron chi connectivity index (χ3n) is 6.45. The van der Waals surface area contributed by atoms with Gasteiger partial charge in [-0.1, -0.05) is 32.9 Å². The van der Waals surface area contributed by atoms with Crippen molar-refractivity contribution in [2.45, 2.75) is 51.0 Å². The second-order valence-electron chi connectivity index (χ2n) is 7.44. The first-order valence-electron chi connectivity index (χ1n) is 7.88. The minimum Gasteiger partial charge on any atom is -0.495 e. The molecule has 0 heterocycles. The zero-order chi connectivity index (χ0) is 16.2. The third kappa shape index (κ3) is 2.09. The number of fused-ring (bicyclic) bond motifs is 2. The highest BCUT2D eigenvalue weighted by Crippen LogP contribution is 2.65. The normalized spacial score (nSPS) is 33.1. The van der Waals surface area contributed by atoms with Crippen LogP contribution in [-0.4, -0.2) is 21.6 Å². The molecule has 1 aromatic rings. The van der Waals surface area contributed by atoms with Crippen molar-refractivity contribution in [2.75, 3.05) is 7.11 Å². The van der Waals surface area contributed by atoms with E-state index in [1.165, 1.54) is 13.5 Å². The minimum atomic E-state index is -3.57. The molecule has 2 aliphatic carbocycles. The molecule has 0 aliphatic heterocycles. The van der Waals surface area contributed by atoms with Gasteiger partial charge in [-0.25, -0.2) is 13.1 Å². The van der Waals surface area contributed by atoms with E-state index < -0.39 is 10.0 Å². The van der Waals surface area contributed by atoms with E-state index in [0.717, 1.165) is 12.8 Å². The molecule has 3 unspecified atom stereocenters. The molecule has 0 spiro atoms. The first-order chi connectivity index (χ1) is 10.2. The molecule has 2 saturated carbocycles. The van der Waals surface area contributed by atoms with Crippen LogP contribution in [0.2, 0.25) is 0 Å². The predicted molar refractivity (Wildman–Crippen MR) is 86.3 cm³/mol. The third-order valence-corrected chi connectivity index (χ3v) is 7.96. The summed E-state index contributed by atoms with van der Waals surface area (Å²) in [6.07, 6.45) is 3.22. The number of benzene rings is 1. The highest BCUT2D eigenvalue weighted by molar-refractivity contribution is 7.89. The van der Waals surface area contributed by atoms with Gasteiger partial charge < -0.3 is 4.74 Å². The molecule has 3 rings (SSSR count). The van der Waals surface area contributed by atoms with Crippen molar-refractivity contribution in [3.8, 4) is 5.75 Å². The van der Waals surface area contributed by atoms with Gasteiger partial charge in [0.2, 0.25) is 10.0 Å². The Bertz CT molecular complexity index is 683. The number of ether oxygens (including phenoxy) is 1. The largest absolute Gasteiger partial charge is 0.495 e. The predicted octanol–water partition coefficient (Wildman–Crippen LogP) is 3.19. The quantitative estimate of drug-likeness (QED) is 0.926. The van der Waals surface area contributed by atoms with Gasteiger partial charge in [-0.3, -0.25) is 0 Å². The van der Waals surface area contributed by atoms with E-state index in [0.29, 0.717) is 11.7 Å². The van der Waals surface area contributed by atoms with Crippen LogP contribution in [0.1, 0.15) is 40.0 Å². The van der Waals surface area contributed by atoms with E-state index in [1.807, 2.05) is 0 Å². The number of nitrogens with one attached hydrogen (secondary N) is 1. The maximum atomic E-state index is 12.8. The maximum absolute atomic E-state index is 12.8. The average Bonchev–Trinajstić information content (AvgIpc) is 2.80. The highest BCUT2D eigenvalue weighted by atomic mass is 32.2. The van der Waals surface area contributed by atoms with Gasteiger partial charge in [0.25, 0.3) is 0 Å². The van der Waals surface area contributed by atoms with Crippen molar-refractivity contribution in [3.05, 3.63) is 24.3 Å². The van der Waals surface area contributed by atoms with E-state index in [9.17, 15) is 8.42 Å². The molecule has 0 amide bonds. The van der Waals surface area contributed by atoms with Crippen molar-refractivity contribution in [1.29, 1.82) is 0 Å². The van der Waals surface area contributed by atoms with Crippen LogP contribution in [0.25, 0.3) is 0 Å². The lowest BCUT2D eigenvalue weighted by molar-refractivity contribution is 0.130. The van der Waals surface area contributed by atoms with E-state index in [-0.39, 0.29) is 21.8 Å². The Labute approximate surface area is 133 Å². The van der Waals surface area contributed by atoms with Gasteiger partial charge in [0.05, 0.1) is 7.11 Å². The van der Waals surface area contributed by atoms with Gasteiger partial charge in [-0.2, -0.15) is 0 Å². The number of hydrogen-bond acceptors (Lipinski definition) is 3. The summed E-state index contributed by atoms with van der Waals surface area (Å²) >= 11 is 0. The van der Waals surface area contributed by atoms with E-state index in [1.54, 1.807) is 24.3 Å². The van der Waals surface area contributed by atoms with Gasteiger partial charge >= 0.3 is 0 Å². The second-order valence-corrected chi connectivity index (χ2v) is 9.12. The van der Waals surface area contributed by atoms with Crippen molar-refractivity contribution >= 4 is 10.0 Å². The molecular formula is C17H25NO3S. The highest BCUT2D eigenvalue weighted by Gasteiger charge is 2.61. The molecule has 1 aromatic carbocycles. The Hall–Kier alpha value is -1.07. The number of methoxy groups -OCH3 is 1. The van der Waals surface area contributed by atoms with Gasteiger partial charge in [0.15, 0.2) is 0 Å². The zero-order valence-corrected chi connectivity index (χ0v) is 14.5. The summed E-state index contributed by atoms with van der Waals surface area (Å²) in [6.45, 7) is 6.79. The molecule has 2 bridgehead atoms. The van der Waals surface area contributed by atoms with E-state index in [4.69, 9.17) is 4.74 Å². The molecule has 2 fully saturated rings. The molecule has 0 aromatic heterocycles. The lowest BCUT2D eigenvalue weighted by Crippen LogP contribution is -2.46. The van der Waals surface area contributed by atoms with Crippen LogP contribution in [0, 0.1) is 16.7 Å². The molecule has 22 heavy (non-hydrogen) atoms. The maximum Gasteiger partial charge on any atom is 0.244 e. The van der Waals surface area contributed by atoms with Crippen LogP contribution in [0.15, 0.2) is 29.2 Å². The molecular weight excluding hydrogens is 298 g/mol. The Morgan fingerprint density at radius 3 is 2.45 bits per heavy atom. The number of sulfonamides is 1. The standard InChI is InChI=1S/C17H25NO3S/c1-16(2)12-9-10-17(16,3)15(11-12)18-22(19,20)14-8-6-5-7-13(14)21-4/h5-8,12,15,18H,9-11H2,1-4H3. The molecule has 0 saturated heterocycles. The fourth-order valence-corrected chi connectivity index (χ4v) is 6.01. The molecule has 122 valence electrons. The van der Waals surface area contributed by atoms with Crippen LogP contribution >= 0.6 is 0 Å². The fourth-order valence-electron chi connectivity index (χ4n) is 4.47. The molecule has 1 N–H and O–H groups in total. The van der Waals surface area contributed by atoms with Crippen LogP contribution in [0.5, 0.6) is 5.75 Å². The summed E-state index contributed by atoms with van der Waals surface area (Å²) in [5.74, 6) is 0.991. The first-order valence-corrected chi connectivity index (χ1v) is 9.36. The number of rotatable bonds is 4. The van der Waals surface area contributed by atoms with Crippen LogP contribution in [0.3, 0.4) is 0 Å². The summed E-state index contributed by atoms with van der Waals surface area (Å²) in [7, 11) is -2.08. The Morgan fingerprint density at radius 1 is 1.23 bits per heavy atom. The number of hydrogen-bond donors (Lipinski definition) is 1. The molecule has 3 atom stereocenters. The van der Waals surface area contributed by atoms with Gasteiger partial charge in [0, 0.05) is 6.04 Å². The summed E-state index contributed by atoms with van der Waals surface area (Å²) in [4.78, 5) is 0.224. The Balaban J connectivity index is 1.91. The Morgan fingerprint density at radius 2 is 1.91 bits per heavy atom. The van der Waals surface area contributed by atoms with Gasteiger partial charge in [-0.15, -0.1) is 0 Å². The SMILES string of the molecule is COc1ccccc1S(=O)(=O)NC1CC2CCC1(C)C2(C)C. The van der Waals surface area contributed by atoms with Crippen molar-refractivity contribution in [3.63, 3.8) is 0 Å². The van der Waals surface area contributed by atoms with Crippen molar-refractivity contribution < 1.29 is 13.2 Å². The molecule has 4 nitrogen and oxygen atoms in total. The summed E-state index contributed by atoms with van der Waals surface area (Å²) in [6, 6.07) is 6.78. The second kappa shape index (κ2) is 4.96. The van der Waals surface area contributed by atoms with Gasteiger partial charge in [-0.05, 0) is 48.1 Å². The fraction of sp³-hybridized carbons (Fsp3) is 0.647. The summed E-state index contributed by atoms with van der Waals surface area (Å²) < 4.78 is 33.8. The van der Waals surface area contributed by atoms with Crippen molar-refractivity contribution in [1.82, 2.24) is 4.72 Å². The lowest BCUT2D eigenvalue weighted by Gasteiger charge is -2.39. The molecule has 2 aliphatic rings. The number of para-hydroxylation sites is 1. The summed E-state index contributed by atoms with van der Waals surface area (Å²) in [5, 5.41) is 0. The topological polar surface area (TPSA) is 55.4 Å². The molecule has 5 heteroatoms. The van der Waals surface area contributed by atoms with Gasteiger partial charge in [0.1, 0.15) is 10.6 Å². The lowest BCUT2D eigenvalue weighted by atomic mass is 9.69. The summed E-state index contributed by atoms with van der Waals surface area (Å²) in [5.41, 5.74) is 0.202. The van der Waals surface area contributed by atoms with Crippen molar-refractivity contribution in [2.24, 2.45) is 16.7 Å². The molecule has 0 radical (unpaired) electrons. The monoisotopic (exact) mass is 323 g/mol. The first kappa shape index (κ1) is 15.8. The van der Waals surface area contributed by atoms with Crippen LogP contribution < -0.4 is 9.46 Å². The minimum absolute atomic E-state index is 0.00355. The smallest absolute Gasteiger partial charge is 0.244 e. The van der Waals surface area contributed by atoms with Crippen LogP contribution in [-0.2, 0) is 10.0 Å².